The summed E-state index contributed by atoms with van der Waals surface area (Å²) < 4.78 is 0. The van der Waals surface area contributed by atoms with Gasteiger partial charge in [0.15, 0.2) is 0 Å². The average Bonchev–Trinajstić information content (AvgIpc) is 3.75. The van der Waals surface area contributed by atoms with Gasteiger partial charge in [-0.05, 0) is 154 Å². The number of benzene rings is 8. The topological polar surface area (TPSA) is 0 Å². The quantitative estimate of drug-likeness (QED) is 0.0936. The van der Waals surface area contributed by atoms with E-state index in [9.17, 15) is 0 Å². The van der Waals surface area contributed by atoms with E-state index in [0.717, 1.165) is 32.9 Å². The van der Waals surface area contributed by atoms with Gasteiger partial charge in [-0.25, -0.2) is 0 Å². The summed E-state index contributed by atoms with van der Waals surface area (Å²) in [5.74, 6) is 0.385. The molecule has 1 unspecified atom stereocenters. The first-order chi connectivity index (χ1) is 28.9. The molecule has 11 rings (SSSR count). The molecule has 0 aromatic heterocycles. The average molecular weight is 791 g/mol. The smallest absolute Gasteiger partial charge is 0.0725 e. The van der Waals surface area contributed by atoms with E-state index in [0.29, 0.717) is 5.92 Å². The minimum absolute atomic E-state index is 0.385. The summed E-state index contributed by atoms with van der Waals surface area (Å²) in [6, 6.07) is 55.2. The highest BCUT2D eigenvalue weighted by Crippen LogP contribution is 2.63. The second-order valence-electron chi connectivity index (χ2n) is 16.2. The maximum Gasteiger partial charge on any atom is 0.0725 e. The van der Waals surface area contributed by atoms with Gasteiger partial charge in [-0.15, -0.1) is 25.3 Å². The van der Waals surface area contributed by atoms with Gasteiger partial charge in [-0.1, -0.05) is 165 Å². The molecule has 3 aliphatic carbocycles. The van der Waals surface area contributed by atoms with Crippen molar-refractivity contribution in [1.82, 2.24) is 0 Å². The molecule has 0 aliphatic heterocycles. The Balaban J connectivity index is 1.25. The highest BCUT2D eigenvalue weighted by atomic mass is 32.1. The van der Waals surface area contributed by atoms with E-state index in [1.807, 2.05) is 13.0 Å². The summed E-state index contributed by atoms with van der Waals surface area (Å²) >= 11 is 9.82. The first-order valence-corrected chi connectivity index (χ1v) is 21.5. The molecule has 282 valence electrons. The van der Waals surface area contributed by atoms with E-state index < -0.39 is 5.41 Å². The van der Waals surface area contributed by atoms with Crippen LogP contribution >= 0.6 is 25.3 Å². The van der Waals surface area contributed by atoms with Crippen LogP contribution in [0.4, 0.5) is 0 Å². The Kier molecular flexibility index (Phi) is 8.41. The zero-order chi connectivity index (χ0) is 40.0. The van der Waals surface area contributed by atoms with Gasteiger partial charge >= 0.3 is 0 Å². The van der Waals surface area contributed by atoms with E-state index in [-0.39, 0.29) is 0 Å². The molecule has 59 heavy (non-hydrogen) atoms. The minimum atomic E-state index is -0.394. The van der Waals surface area contributed by atoms with Crippen molar-refractivity contribution in [2.75, 3.05) is 0 Å². The number of thiol groups is 2. The number of fused-ring (bicyclic) bond motifs is 10. The van der Waals surface area contributed by atoms with Crippen molar-refractivity contribution in [3.63, 3.8) is 0 Å². The van der Waals surface area contributed by atoms with E-state index in [1.54, 1.807) is 0 Å². The first-order valence-electron chi connectivity index (χ1n) is 20.6. The molecule has 0 saturated heterocycles. The standard InChI is InChI=1S/C57H42S2/c1-4-15-39(52(58)5-2)35-17-11-18-36(30-35)44-32-46-42-23-13-27-50-55(42)56-43(47(46)33-45(44)37-19-12-20-38(31-37)54-34(3)16-10-29-53(54)59)24-14-28-51(56)57(50)48-25-8-6-21-40(48)41-22-7-9-26-49(41)57/h4-15,17-34,58-59H,2,16H2,1,3H3/b15-4-,52-39-. The summed E-state index contributed by atoms with van der Waals surface area (Å²) in [6.45, 7) is 8.40. The van der Waals surface area contributed by atoms with Gasteiger partial charge in [0.25, 0.3) is 0 Å². The van der Waals surface area contributed by atoms with Gasteiger partial charge in [-0.3, -0.25) is 0 Å². The Labute approximate surface area is 357 Å². The second-order valence-corrected chi connectivity index (χ2v) is 17.2. The van der Waals surface area contributed by atoms with Crippen LogP contribution in [0, 0.1) is 5.92 Å². The number of hydrogen-bond acceptors (Lipinski definition) is 2. The summed E-state index contributed by atoms with van der Waals surface area (Å²) in [4.78, 5) is 1.89. The maximum atomic E-state index is 4.97. The summed E-state index contributed by atoms with van der Waals surface area (Å²) in [6.07, 6.45) is 11.4. The molecule has 0 fully saturated rings. The Morgan fingerprint density at radius 1 is 0.610 bits per heavy atom. The van der Waals surface area contributed by atoms with Crippen LogP contribution in [-0.4, -0.2) is 0 Å². The SMILES string of the molecule is C=C/C(S)=C(\C=C/C)c1cccc(-c2cc3c(cc2-c2cccc(C4=C(S)C=CCC4C)c2)c2cccc4c2c2c(cccc32)C42c3ccccc3-c3ccccc32)c1. The monoisotopic (exact) mass is 790 g/mol. The van der Waals surface area contributed by atoms with Crippen molar-refractivity contribution >= 4 is 68.7 Å². The highest BCUT2D eigenvalue weighted by molar-refractivity contribution is 7.85. The number of hydrogen-bond donors (Lipinski definition) is 2. The summed E-state index contributed by atoms with van der Waals surface area (Å²) in [5, 5.41) is 7.85. The van der Waals surface area contributed by atoms with Gasteiger partial charge in [0.05, 0.1) is 5.41 Å². The molecule has 0 nitrogen and oxygen atoms in total. The van der Waals surface area contributed by atoms with Gasteiger partial charge in [0.2, 0.25) is 0 Å². The number of rotatable bonds is 6. The molecular weight excluding hydrogens is 749 g/mol. The van der Waals surface area contributed by atoms with Crippen molar-refractivity contribution in [1.29, 1.82) is 0 Å². The van der Waals surface area contributed by atoms with E-state index in [2.05, 4.69) is 183 Å². The van der Waals surface area contributed by atoms with Crippen molar-refractivity contribution in [2.45, 2.75) is 25.7 Å². The van der Waals surface area contributed by atoms with Crippen LogP contribution in [-0.2, 0) is 5.41 Å². The maximum absolute atomic E-state index is 4.97. The third-order valence-corrected chi connectivity index (χ3v) is 14.0. The van der Waals surface area contributed by atoms with Gasteiger partial charge in [0.1, 0.15) is 0 Å². The van der Waals surface area contributed by atoms with Crippen molar-refractivity contribution < 1.29 is 0 Å². The van der Waals surface area contributed by atoms with Crippen LogP contribution in [0.25, 0.3) is 76.8 Å². The van der Waals surface area contributed by atoms with Crippen LogP contribution in [0.5, 0.6) is 0 Å². The third-order valence-electron chi connectivity index (χ3n) is 13.2. The van der Waals surface area contributed by atoms with Crippen molar-refractivity contribution in [3.05, 3.63) is 226 Å². The minimum Gasteiger partial charge on any atom is -0.143 e. The third kappa shape index (κ3) is 5.13. The fraction of sp³-hybridized carbons (Fsp3) is 0.0877. The fourth-order valence-corrected chi connectivity index (χ4v) is 11.5. The largest absolute Gasteiger partial charge is 0.143 e. The zero-order valence-corrected chi connectivity index (χ0v) is 34.9. The molecular formula is C57H42S2. The predicted octanol–water partition coefficient (Wildman–Crippen LogP) is 15.8. The Hall–Kier alpha value is -6.06. The lowest BCUT2D eigenvalue weighted by molar-refractivity contribution is 0.757. The molecule has 8 aromatic carbocycles. The van der Waals surface area contributed by atoms with E-state index in [4.69, 9.17) is 25.3 Å². The summed E-state index contributed by atoms with van der Waals surface area (Å²) in [7, 11) is 0. The Bertz CT molecular complexity index is 3210. The lowest BCUT2D eigenvalue weighted by Gasteiger charge is -2.30. The van der Waals surface area contributed by atoms with E-state index in [1.165, 1.54) is 93.5 Å². The molecule has 0 radical (unpaired) electrons. The van der Waals surface area contributed by atoms with E-state index >= 15 is 0 Å². The fourth-order valence-electron chi connectivity index (χ4n) is 10.8. The molecule has 2 heteroatoms. The van der Waals surface area contributed by atoms with Crippen LogP contribution in [0.1, 0.15) is 53.6 Å². The normalized spacial score (nSPS) is 16.5. The Morgan fingerprint density at radius 2 is 1.15 bits per heavy atom. The van der Waals surface area contributed by atoms with Gasteiger partial charge in [0, 0.05) is 9.81 Å². The van der Waals surface area contributed by atoms with Crippen molar-refractivity contribution in [2.24, 2.45) is 5.92 Å². The van der Waals surface area contributed by atoms with Crippen LogP contribution in [0.15, 0.2) is 192 Å². The van der Waals surface area contributed by atoms with Crippen LogP contribution in [0.2, 0.25) is 0 Å². The van der Waals surface area contributed by atoms with Crippen molar-refractivity contribution in [3.8, 4) is 33.4 Å². The molecule has 0 N–H and O–H groups in total. The molecule has 0 amide bonds. The second kappa shape index (κ2) is 13.8. The van der Waals surface area contributed by atoms with Gasteiger partial charge < -0.3 is 0 Å². The lowest BCUT2D eigenvalue weighted by atomic mass is 9.70. The Morgan fingerprint density at radius 3 is 1.75 bits per heavy atom. The molecule has 0 heterocycles. The van der Waals surface area contributed by atoms with Crippen LogP contribution < -0.4 is 0 Å². The predicted molar refractivity (Wildman–Crippen MR) is 260 cm³/mol. The molecule has 0 saturated carbocycles. The highest BCUT2D eigenvalue weighted by Gasteiger charge is 2.50. The molecule has 8 aromatic rings. The molecule has 1 atom stereocenters. The molecule has 0 bridgehead atoms. The van der Waals surface area contributed by atoms with Gasteiger partial charge in [-0.2, -0.15) is 0 Å². The first kappa shape index (κ1) is 36.1. The number of allylic oxidation sites excluding steroid dienone is 7. The molecule has 3 aliphatic rings. The summed E-state index contributed by atoms with van der Waals surface area (Å²) in [5.41, 5.74) is 17.2. The lowest BCUT2D eigenvalue weighted by Crippen LogP contribution is -2.25. The zero-order valence-electron chi connectivity index (χ0n) is 33.1. The van der Waals surface area contributed by atoms with Crippen LogP contribution in [0.3, 0.4) is 0 Å². The molecule has 1 spiro atoms.